The number of hydrogen-bond acceptors (Lipinski definition) is 3. The summed E-state index contributed by atoms with van der Waals surface area (Å²) >= 11 is 0. The van der Waals surface area contributed by atoms with Crippen LogP contribution in [0.3, 0.4) is 0 Å². The lowest BCUT2D eigenvalue weighted by Crippen LogP contribution is -2.24. The van der Waals surface area contributed by atoms with Gasteiger partial charge in [-0.25, -0.2) is 4.98 Å². The Labute approximate surface area is 124 Å². The predicted octanol–water partition coefficient (Wildman–Crippen LogP) is 2.33. The summed E-state index contributed by atoms with van der Waals surface area (Å²) < 4.78 is 2.05. The molecule has 3 aromatic rings. The van der Waals surface area contributed by atoms with Crippen LogP contribution in [0.25, 0.3) is 0 Å². The lowest BCUT2D eigenvalue weighted by Gasteiger charge is -2.19. The molecule has 2 heterocycles. The van der Waals surface area contributed by atoms with Crippen molar-refractivity contribution in [3.8, 4) is 0 Å². The second-order valence-corrected chi connectivity index (χ2v) is 5.14. The average molecular weight is 281 g/mol. The quantitative estimate of drug-likeness (QED) is 0.754. The summed E-state index contributed by atoms with van der Waals surface area (Å²) in [5.41, 5.74) is 3.47. The van der Waals surface area contributed by atoms with Crippen LogP contribution in [0, 0.1) is 6.92 Å². The van der Waals surface area contributed by atoms with Gasteiger partial charge in [-0.15, -0.1) is 0 Å². The number of aryl methyl sites for hydroxylation is 2. The molecule has 0 spiro atoms. The van der Waals surface area contributed by atoms with Crippen LogP contribution in [-0.4, -0.2) is 19.7 Å². The zero-order valence-corrected chi connectivity index (χ0v) is 12.2. The van der Waals surface area contributed by atoms with Crippen molar-refractivity contribution in [1.82, 2.24) is 25.1 Å². The molecule has 0 amide bonds. The summed E-state index contributed by atoms with van der Waals surface area (Å²) in [5.74, 6) is 1.00. The van der Waals surface area contributed by atoms with E-state index in [1.165, 1.54) is 11.1 Å². The van der Waals surface area contributed by atoms with E-state index in [1.807, 2.05) is 43.2 Å². The SMILES string of the molecule is Cc1[nH]ncc1CN[C@@H](c1ccccc1)c1nccn1C. The van der Waals surface area contributed by atoms with Gasteiger partial charge in [0.2, 0.25) is 0 Å². The molecule has 3 rings (SSSR count). The summed E-state index contributed by atoms with van der Waals surface area (Å²) in [4.78, 5) is 4.49. The minimum atomic E-state index is 0.0560. The van der Waals surface area contributed by atoms with E-state index < -0.39 is 0 Å². The van der Waals surface area contributed by atoms with Gasteiger partial charge in [0.25, 0.3) is 0 Å². The lowest BCUT2D eigenvalue weighted by molar-refractivity contribution is 0.557. The van der Waals surface area contributed by atoms with Crippen molar-refractivity contribution in [2.45, 2.75) is 19.5 Å². The van der Waals surface area contributed by atoms with E-state index >= 15 is 0 Å². The Morgan fingerprint density at radius 3 is 2.71 bits per heavy atom. The minimum absolute atomic E-state index is 0.0560. The average Bonchev–Trinajstić information content (AvgIpc) is 3.10. The number of aromatic nitrogens is 4. The number of nitrogens with zero attached hydrogens (tertiary/aromatic N) is 3. The van der Waals surface area contributed by atoms with E-state index in [0.717, 1.165) is 18.1 Å². The molecule has 0 saturated heterocycles. The largest absolute Gasteiger partial charge is 0.336 e. The lowest BCUT2D eigenvalue weighted by atomic mass is 10.1. The second-order valence-electron chi connectivity index (χ2n) is 5.14. The van der Waals surface area contributed by atoms with Crippen molar-refractivity contribution in [3.63, 3.8) is 0 Å². The number of hydrogen-bond donors (Lipinski definition) is 2. The van der Waals surface area contributed by atoms with Crippen LogP contribution in [0.4, 0.5) is 0 Å². The molecule has 1 atom stereocenters. The zero-order valence-electron chi connectivity index (χ0n) is 12.2. The molecule has 0 unspecified atom stereocenters. The highest BCUT2D eigenvalue weighted by Crippen LogP contribution is 2.20. The van der Waals surface area contributed by atoms with Crippen molar-refractivity contribution in [2.75, 3.05) is 0 Å². The third-order valence-corrected chi connectivity index (χ3v) is 3.68. The van der Waals surface area contributed by atoms with Gasteiger partial charge in [0.1, 0.15) is 5.82 Å². The maximum atomic E-state index is 4.49. The van der Waals surface area contributed by atoms with Crippen LogP contribution in [0.2, 0.25) is 0 Å². The van der Waals surface area contributed by atoms with Crippen LogP contribution < -0.4 is 5.32 Å². The van der Waals surface area contributed by atoms with E-state index in [4.69, 9.17) is 0 Å². The third kappa shape index (κ3) is 2.87. The predicted molar refractivity (Wildman–Crippen MR) is 81.7 cm³/mol. The molecule has 108 valence electrons. The Kier molecular flexibility index (Phi) is 3.83. The van der Waals surface area contributed by atoms with E-state index in [9.17, 15) is 0 Å². The highest BCUT2D eigenvalue weighted by molar-refractivity contribution is 5.26. The summed E-state index contributed by atoms with van der Waals surface area (Å²) in [6.45, 7) is 2.77. The van der Waals surface area contributed by atoms with Crippen LogP contribution in [-0.2, 0) is 13.6 Å². The molecular weight excluding hydrogens is 262 g/mol. The Balaban J connectivity index is 1.87. The monoisotopic (exact) mass is 281 g/mol. The number of H-pyrrole nitrogens is 1. The van der Waals surface area contributed by atoms with Crippen LogP contribution in [0.15, 0.2) is 48.9 Å². The smallest absolute Gasteiger partial charge is 0.130 e. The summed E-state index contributed by atoms with van der Waals surface area (Å²) in [6, 6.07) is 10.4. The fourth-order valence-corrected chi connectivity index (χ4v) is 2.42. The number of rotatable bonds is 5. The van der Waals surface area contributed by atoms with Gasteiger partial charge in [-0.1, -0.05) is 30.3 Å². The molecule has 0 aliphatic rings. The van der Waals surface area contributed by atoms with Crippen molar-refractivity contribution in [2.24, 2.45) is 7.05 Å². The van der Waals surface area contributed by atoms with Gasteiger partial charge in [0.05, 0.1) is 12.2 Å². The number of imidazole rings is 1. The molecule has 0 fully saturated rings. The fourth-order valence-electron chi connectivity index (χ4n) is 2.42. The van der Waals surface area contributed by atoms with Gasteiger partial charge < -0.3 is 4.57 Å². The zero-order chi connectivity index (χ0) is 14.7. The van der Waals surface area contributed by atoms with Crippen LogP contribution in [0.5, 0.6) is 0 Å². The first kappa shape index (κ1) is 13.6. The summed E-state index contributed by atoms with van der Waals surface area (Å²) in [5, 5.41) is 10.6. The molecule has 0 bridgehead atoms. The molecule has 1 aromatic carbocycles. The van der Waals surface area contributed by atoms with Gasteiger partial charge in [-0.3, -0.25) is 10.4 Å². The molecule has 0 radical (unpaired) electrons. The van der Waals surface area contributed by atoms with E-state index in [-0.39, 0.29) is 6.04 Å². The number of aromatic amines is 1. The highest BCUT2D eigenvalue weighted by atomic mass is 15.1. The first-order valence-electron chi connectivity index (χ1n) is 7.00. The Morgan fingerprint density at radius 1 is 1.29 bits per heavy atom. The fraction of sp³-hybridized carbons (Fsp3) is 0.250. The molecule has 0 aliphatic carbocycles. The highest BCUT2D eigenvalue weighted by Gasteiger charge is 2.18. The maximum absolute atomic E-state index is 4.49. The van der Waals surface area contributed by atoms with Gasteiger partial charge >= 0.3 is 0 Å². The maximum Gasteiger partial charge on any atom is 0.130 e. The third-order valence-electron chi connectivity index (χ3n) is 3.68. The molecule has 0 aliphatic heterocycles. The molecule has 21 heavy (non-hydrogen) atoms. The van der Waals surface area contributed by atoms with E-state index in [1.54, 1.807) is 0 Å². The van der Waals surface area contributed by atoms with Crippen molar-refractivity contribution >= 4 is 0 Å². The Morgan fingerprint density at radius 2 is 2.10 bits per heavy atom. The molecule has 2 aromatic heterocycles. The van der Waals surface area contributed by atoms with Gasteiger partial charge in [0, 0.05) is 37.2 Å². The topological polar surface area (TPSA) is 58.5 Å². The normalized spacial score (nSPS) is 12.5. The number of benzene rings is 1. The molecule has 5 heteroatoms. The first-order valence-corrected chi connectivity index (χ1v) is 7.00. The number of nitrogens with one attached hydrogen (secondary N) is 2. The van der Waals surface area contributed by atoms with Gasteiger partial charge in [-0.2, -0.15) is 5.10 Å². The Bertz CT molecular complexity index is 698. The molecule has 5 nitrogen and oxygen atoms in total. The van der Waals surface area contributed by atoms with Crippen LogP contribution >= 0.6 is 0 Å². The second kappa shape index (κ2) is 5.93. The van der Waals surface area contributed by atoms with Crippen molar-refractivity contribution < 1.29 is 0 Å². The van der Waals surface area contributed by atoms with Crippen molar-refractivity contribution in [3.05, 3.63) is 71.6 Å². The molecule has 2 N–H and O–H groups in total. The first-order chi connectivity index (χ1) is 10.3. The minimum Gasteiger partial charge on any atom is -0.336 e. The van der Waals surface area contributed by atoms with E-state index in [0.29, 0.717) is 0 Å². The van der Waals surface area contributed by atoms with E-state index in [2.05, 4.69) is 44.8 Å². The summed E-state index contributed by atoms with van der Waals surface area (Å²) in [6.07, 6.45) is 5.66. The van der Waals surface area contributed by atoms with Crippen molar-refractivity contribution in [1.29, 1.82) is 0 Å². The summed E-state index contributed by atoms with van der Waals surface area (Å²) in [7, 11) is 2.02. The standard InChI is InChI=1S/C16H19N5/c1-12-14(11-19-20-12)10-18-15(13-6-4-3-5-7-13)16-17-8-9-21(16)2/h3-9,11,15,18H,10H2,1-2H3,(H,19,20)/t15-/m0/s1. The van der Waals surface area contributed by atoms with Gasteiger partial charge in [0.15, 0.2) is 0 Å². The Hall–Kier alpha value is -2.40. The molecular formula is C16H19N5. The van der Waals surface area contributed by atoms with Crippen LogP contribution in [0.1, 0.15) is 28.7 Å². The molecule has 0 saturated carbocycles. The van der Waals surface area contributed by atoms with Gasteiger partial charge in [-0.05, 0) is 12.5 Å².